The number of amides is 1. The van der Waals surface area contributed by atoms with Crippen molar-refractivity contribution in [3.63, 3.8) is 0 Å². The Hall–Kier alpha value is -3.91. The lowest BCUT2D eigenvalue weighted by Crippen LogP contribution is -2.19. The smallest absolute Gasteiger partial charge is 0.250 e. The molecule has 0 fully saturated rings. The summed E-state index contributed by atoms with van der Waals surface area (Å²) in [5.74, 6) is 1.34. The number of thioether (sulfide) groups is 1. The molecule has 0 spiro atoms. The van der Waals surface area contributed by atoms with Gasteiger partial charge in [-0.05, 0) is 36.4 Å². The van der Waals surface area contributed by atoms with Crippen molar-refractivity contribution >= 4 is 30.0 Å². The van der Waals surface area contributed by atoms with Gasteiger partial charge in [-0.1, -0.05) is 60.3 Å². The fourth-order valence-corrected chi connectivity index (χ4v) is 3.53. The van der Waals surface area contributed by atoms with Crippen molar-refractivity contribution < 1.29 is 9.21 Å². The van der Waals surface area contributed by atoms with Gasteiger partial charge >= 0.3 is 0 Å². The van der Waals surface area contributed by atoms with Gasteiger partial charge < -0.3 is 4.42 Å². The molecule has 2 aromatic heterocycles. The summed E-state index contributed by atoms with van der Waals surface area (Å²) in [5.41, 5.74) is 4.37. The van der Waals surface area contributed by atoms with Gasteiger partial charge in [-0.15, -0.1) is 10.2 Å². The second kappa shape index (κ2) is 10.2. The van der Waals surface area contributed by atoms with Gasteiger partial charge in [0.25, 0.3) is 5.91 Å². The number of hydrazone groups is 1. The third-order valence-corrected chi connectivity index (χ3v) is 5.09. The molecule has 0 saturated heterocycles. The van der Waals surface area contributed by atoms with Crippen LogP contribution in [0.5, 0.6) is 0 Å². The molecule has 4 aromatic rings. The van der Waals surface area contributed by atoms with Gasteiger partial charge in [0.15, 0.2) is 11.0 Å². The molecule has 2 heterocycles. The van der Waals surface area contributed by atoms with Crippen molar-refractivity contribution in [1.82, 2.24) is 20.2 Å². The highest BCUT2D eigenvalue weighted by molar-refractivity contribution is 7.99. The standard InChI is InChI=1S/C23H19N5O2S/c29-21(25-24-15-7-13-20-14-8-16-30-20)17-31-23-27-26-22(18-9-3-1-4-10-18)28(23)19-11-5-2-6-12-19/h1-16H,17H2,(H,25,29)/b13-7-,24-15+. The molecule has 0 bridgehead atoms. The highest BCUT2D eigenvalue weighted by atomic mass is 32.2. The van der Waals surface area contributed by atoms with Gasteiger partial charge in [0.05, 0.1) is 12.0 Å². The molecule has 0 atom stereocenters. The zero-order valence-electron chi connectivity index (χ0n) is 16.5. The molecule has 31 heavy (non-hydrogen) atoms. The number of nitrogens with zero attached hydrogens (tertiary/aromatic N) is 4. The summed E-state index contributed by atoms with van der Waals surface area (Å²) in [7, 11) is 0. The van der Waals surface area contributed by atoms with Crippen LogP contribution in [0.25, 0.3) is 23.2 Å². The van der Waals surface area contributed by atoms with Crippen LogP contribution in [-0.4, -0.2) is 32.6 Å². The Morgan fingerprint density at radius 1 is 1.03 bits per heavy atom. The number of allylic oxidation sites excluding steroid dienone is 1. The summed E-state index contributed by atoms with van der Waals surface area (Å²) in [6.07, 6.45) is 6.51. The minimum absolute atomic E-state index is 0.152. The van der Waals surface area contributed by atoms with E-state index >= 15 is 0 Å². The van der Waals surface area contributed by atoms with Crippen LogP contribution in [0.2, 0.25) is 0 Å². The topological polar surface area (TPSA) is 85.3 Å². The molecule has 1 N–H and O–H groups in total. The molecule has 2 aromatic carbocycles. The van der Waals surface area contributed by atoms with E-state index in [1.807, 2.05) is 71.3 Å². The lowest BCUT2D eigenvalue weighted by atomic mass is 10.2. The van der Waals surface area contributed by atoms with E-state index in [1.54, 1.807) is 24.5 Å². The Kier molecular flexibility index (Phi) is 6.71. The van der Waals surface area contributed by atoms with Crippen LogP contribution in [-0.2, 0) is 4.79 Å². The number of hydrogen-bond donors (Lipinski definition) is 1. The van der Waals surface area contributed by atoms with Gasteiger partial charge in [0.2, 0.25) is 0 Å². The Labute approximate surface area is 183 Å². The highest BCUT2D eigenvalue weighted by Gasteiger charge is 2.16. The normalized spacial score (nSPS) is 11.4. The molecule has 0 radical (unpaired) electrons. The van der Waals surface area contributed by atoms with Crippen molar-refractivity contribution in [1.29, 1.82) is 0 Å². The summed E-state index contributed by atoms with van der Waals surface area (Å²) in [4.78, 5) is 12.2. The fourth-order valence-electron chi connectivity index (χ4n) is 2.79. The summed E-state index contributed by atoms with van der Waals surface area (Å²) in [6, 6.07) is 23.3. The Balaban J connectivity index is 1.43. The first-order valence-electron chi connectivity index (χ1n) is 9.52. The first kappa shape index (κ1) is 20.4. The van der Waals surface area contributed by atoms with Crippen molar-refractivity contribution in [2.24, 2.45) is 5.10 Å². The largest absolute Gasteiger partial charge is 0.465 e. The number of rotatable bonds is 8. The van der Waals surface area contributed by atoms with E-state index in [-0.39, 0.29) is 11.7 Å². The Morgan fingerprint density at radius 3 is 2.55 bits per heavy atom. The number of nitrogens with one attached hydrogen (secondary N) is 1. The average Bonchev–Trinajstić information content (AvgIpc) is 3.48. The van der Waals surface area contributed by atoms with Gasteiger partial charge in [-0.3, -0.25) is 9.36 Å². The number of carbonyl (C=O) groups excluding carboxylic acids is 1. The Morgan fingerprint density at radius 2 is 1.81 bits per heavy atom. The lowest BCUT2D eigenvalue weighted by molar-refractivity contribution is -0.118. The fraction of sp³-hybridized carbons (Fsp3) is 0.0435. The molecule has 154 valence electrons. The third-order valence-electron chi connectivity index (χ3n) is 4.17. The zero-order chi connectivity index (χ0) is 21.3. The van der Waals surface area contributed by atoms with Gasteiger partial charge in [0.1, 0.15) is 5.76 Å². The van der Waals surface area contributed by atoms with Crippen LogP contribution in [0.15, 0.2) is 99.8 Å². The molecule has 0 aliphatic rings. The van der Waals surface area contributed by atoms with E-state index in [1.165, 1.54) is 18.0 Å². The maximum Gasteiger partial charge on any atom is 0.250 e. The van der Waals surface area contributed by atoms with E-state index in [0.29, 0.717) is 10.9 Å². The second-order valence-electron chi connectivity index (χ2n) is 6.32. The van der Waals surface area contributed by atoms with Crippen LogP contribution >= 0.6 is 11.8 Å². The summed E-state index contributed by atoms with van der Waals surface area (Å²) in [5, 5.41) is 13.2. The van der Waals surface area contributed by atoms with Crippen LogP contribution in [0.4, 0.5) is 0 Å². The average molecular weight is 430 g/mol. The number of carbonyl (C=O) groups is 1. The minimum Gasteiger partial charge on any atom is -0.465 e. The van der Waals surface area contributed by atoms with Gasteiger partial charge in [-0.2, -0.15) is 5.10 Å². The van der Waals surface area contributed by atoms with E-state index in [4.69, 9.17) is 4.42 Å². The van der Waals surface area contributed by atoms with Crippen molar-refractivity contribution in [3.05, 3.63) is 90.9 Å². The number of aromatic nitrogens is 3. The van der Waals surface area contributed by atoms with Crippen molar-refractivity contribution in [3.8, 4) is 17.1 Å². The molecule has 0 unspecified atom stereocenters. The highest BCUT2D eigenvalue weighted by Crippen LogP contribution is 2.27. The summed E-state index contributed by atoms with van der Waals surface area (Å²) >= 11 is 1.30. The molecule has 4 rings (SSSR count). The maximum absolute atomic E-state index is 12.2. The van der Waals surface area contributed by atoms with Crippen molar-refractivity contribution in [2.45, 2.75) is 5.16 Å². The summed E-state index contributed by atoms with van der Waals surface area (Å²) in [6.45, 7) is 0. The van der Waals surface area contributed by atoms with Crippen LogP contribution in [0.3, 0.4) is 0 Å². The van der Waals surface area contributed by atoms with E-state index in [9.17, 15) is 4.79 Å². The molecular weight excluding hydrogens is 410 g/mol. The van der Waals surface area contributed by atoms with E-state index in [2.05, 4.69) is 20.7 Å². The number of benzene rings is 2. The SMILES string of the molecule is O=C(CSc1nnc(-c2ccccc2)n1-c1ccccc1)N/N=C/C=C\c1ccco1. The van der Waals surface area contributed by atoms with Gasteiger partial charge in [0, 0.05) is 17.5 Å². The van der Waals surface area contributed by atoms with Crippen molar-refractivity contribution in [2.75, 3.05) is 5.75 Å². The van der Waals surface area contributed by atoms with Crippen LogP contribution in [0, 0.1) is 0 Å². The number of hydrogen-bond acceptors (Lipinski definition) is 6. The molecule has 0 saturated carbocycles. The molecule has 1 amide bonds. The molecule has 0 aliphatic carbocycles. The predicted molar refractivity (Wildman–Crippen MR) is 122 cm³/mol. The quantitative estimate of drug-likeness (QED) is 0.254. The third kappa shape index (κ3) is 5.37. The predicted octanol–water partition coefficient (Wildman–Crippen LogP) is 4.43. The lowest BCUT2D eigenvalue weighted by Gasteiger charge is -2.10. The van der Waals surface area contributed by atoms with Crippen LogP contribution in [0.1, 0.15) is 5.76 Å². The Bertz CT molecular complexity index is 1170. The maximum atomic E-state index is 12.2. The summed E-state index contributed by atoms with van der Waals surface area (Å²) < 4.78 is 7.12. The number of furan rings is 1. The first-order chi connectivity index (χ1) is 15.3. The van der Waals surface area contributed by atoms with Crippen LogP contribution < -0.4 is 5.43 Å². The monoisotopic (exact) mass is 429 g/mol. The molecule has 7 nitrogen and oxygen atoms in total. The first-order valence-corrected chi connectivity index (χ1v) is 10.5. The zero-order valence-corrected chi connectivity index (χ0v) is 17.3. The second-order valence-corrected chi connectivity index (χ2v) is 7.26. The molecule has 0 aliphatic heterocycles. The molecule has 8 heteroatoms. The minimum atomic E-state index is -0.239. The van der Waals surface area contributed by atoms with Gasteiger partial charge in [-0.25, -0.2) is 5.43 Å². The molecular formula is C23H19N5O2S. The number of para-hydroxylation sites is 1. The van der Waals surface area contributed by atoms with E-state index < -0.39 is 0 Å². The van der Waals surface area contributed by atoms with E-state index in [0.717, 1.165) is 17.1 Å².